The Balaban J connectivity index is 2.26. The van der Waals surface area contributed by atoms with Crippen LogP contribution in [0, 0.1) is 0 Å². The maximum Gasteiger partial charge on any atom is 0.365 e. The first-order valence-electron chi connectivity index (χ1n) is 9.62. The van der Waals surface area contributed by atoms with E-state index in [1.807, 2.05) is 26.8 Å². The molecule has 0 saturated carbocycles. The van der Waals surface area contributed by atoms with Crippen LogP contribution in [0.3, 0.4) is 0 Å². The van der Waals surface area contributed by atoms with Gasteiger partial charge >= 0.3 is 13.6 Å². The Kier molecular flexibility index (Phi) is 7.78. The Bertz CT molecular complexity index is 750. The highest BCUT2D eigenvalue weighted by atomic mass is 31.2. The van der Waals surface area contributed by atoms with Crippen molar-refractivity contribution in [1.82, 2.24) is 10.2 Å². The van der Waals surface area contributed by atoms with Gasteiger partial charge in [0.15, 0.2) is 0 Å². The predicted octanol–water partition coefficient (Wildman–Crippen LogP) is 3.69. The van der Waals surface area contributed by atoms with E-state index in [1.165, 1.54) is 4.90 Å². The summed E-state index contributed by atoms with van der Waals surface area (Å²) in [5.41, 5.74) is 1.41. The molecule has 1 aliphatic heterocycles. The minimum absolute atomic E-state index is 0.00261. The van der Waals surface area contributed by atoms with Gasteiger partial charge in [-0.3, -0.25) is 14.7 Å². The number of nitrogens with zero attached hydrogens (tertiary/aromatic N) is 1. The number of unbranched alkanes of at least 4 members (excludes halogenated alkanes) is 1. The van der Waals surface area contributed by atoms with Crippen molar-refractivity contribution in [3.05, 3.63) is 35.4 Å². The summed E-state index contributed by atoms with van der Waals surface area (Å²) in [7, 11) is -4.14. The standard InChI is InChI=1S/C19H29N2O6P/c1-4-7-11-26-27-28(24,25)19(5-2,6-3)16-10-8-9-15(12-16)13-21-14-17(22)20-18(21)23/h8-10,12H,4-7,11,13-14H2,1-3H3,(H,24,25)(H,20,22,23). The number of benzene rings is 1. The number of urea groups is 1. The molecule has 0 aliphatic carbocycles. The Labute approximate surface area is 165 Å². The van der Waals surface area contributed by atoms with Crippen LogP contribution < -0.4 is 5.32 Å². The molecule has 1 aliphatic rings. The van der Waals surface area contributed by atoms with Crippen LogP contribution in [-0.2, 0) is 30.6 Å². The van der Waals surface area contributed by atoms with E-state index in [-0.39, 0.29) is 25.6 Å². The molecule has 9 heteroatoms. The normalized spacial score (nSPS) is 16.9. The SMILES string of the molecule is CCCCOOP(=O)(O)C(CC)(CC)c1cccc(CN2CC(=O)NC2=O)c1. The number of nitrogens with one attached hydrogen (secondary N) is 1. The van der Waals surface area contributed by atoms with Gasteiger partial charge in [-0.15, -0.1) is 4.67 Å². The number of imide groups is 1. The molecular weight excluding hydrogens is 383 g/mol. The number of amides is 3. The summed E-state index contributed by atoms with van der Waals surface area (Å²) in [6.45, 7) is 6.15. The van der Waals surface area contributed by atoms with Crippen molar-refractivity contribution >= 4 is 19.5 Å². The van der Waals surface area contributed by atoms with E-state index >= 15 is 0 Å². The summed E-state index contributed by atoms with van der Waals surface area (Å²) < 4.78 is 18.1. The lowest BCUT2D eigenvalue weighted by molar-refractivity contribution is -0.216. The molecule has 1 saturated heterocycles. The Morgan fingerprint density at radius 3 is 2.54 bits per heavy atom. The predicted molar refractivity (Wildman–Crippen MR) is 104 cm³/mol. The van der Waals surface area contributed by atoms with Crippen molar-refractivity contribution < 1.29 is 28.6 Å². The summed E-state index contributed by atoms with van der Waals surface area (Å²) >= 11 is 0. The van der Waals surface area contributed by atoms with Gasteiger partial charge in [0.25, 0.3) is 0 Å². The largest absolute Gasteiger partial charge is 0.365 e. The van der Waals surface area contributed by atoms with Crippen molar-refractivity contribution in [2.24, 2.45) is 0 Å². The maximum absolute atomic E-state index is 13.1. The van der Waals surface area contributed by atoms with E-state index < -0.39 is 18.8 Å². The lowest BCUT2D eigenvalue weighted by Gasteiger charge is -2.35. The fraction of sp³-hybridized carbons (Fsp3) is 0.579. The van der Waals surface area contributed by atoms with E-state index in [0.717, 1.165) is 18.4 Å². The second-order valence-corrected chi connectivity index (χ2v) is 8.96. The number of hydrogen-bond donors (Lipinski definition) is 2. The monoisotopic (exact) mass is 412 g/mol. The molecule has 3 amide bonds. The summed E-state index contributed by atoms with van der Waals surface area (Å²) in [6.07, 6.45) is 2.37. The third kappa shape index (κ3) is 4.81. The van der Waals surface area contributed by atoms with E-state index in [1.54, 1.807) is 18.2 Å². The van der Waals surface area contributed by atoms with Gasteiger partial charge in [0.05, 0.1) is 11.8 Å². The van der Waals surface area contributed by atoms with E-state index in [4.69, 9.17) is 9.56 Å². The average molecular weight is 412 g/mol. The highest BCUT2D eigenvalue weighted by molar-refractivity contribution is 7.54. The zero-order valence-electron chi connectivity index (χ0n) is 16.6. The molecule has 1 heterocycles. The molecule has 1 atom stereocenters. The highest BCUT2D eigenvalue weighted by Crippen LogP contribution is 2.64. The summed E-state index contributed by atoms with van der Waals surface area (Å²) in [5, 5.41) is 1.11. The van der Waals surface area contributed by atoms with Crippen molar-refractivity contribution in [3.63, 3.8) is 0 Å². The molecule has 28 heavy (non-hydrogen) atoms. The Morgan fingerprint density at radius 2 is 1.96 bits per heavy atom. The zero-order chi connectivity index (χ0) is 20.8. The zero-order valence-corrected chi connectivity index (χ0v) is 17.5. The van der Waals surface area contributed by atoms with E-state index in [9.17, 15) is 19.0 Å². The third-order valence-corrected chi connectivity index (χ3v) is 7.43. The van der Waals surface area contributed by atoms with Crippen LogP contribution in [-0.4, -0.2) is 34.9 Å². The van der Waals surface area contributed by atoms with E-state index in [2.05, 4.69) is 5.32 Å². The van der Waals surface area contributed by atoms with Crippen molar-refractivity contribution in [3.8, 4) is 0 Å². The molecule has 1 aromatic rings. The molecule has 1 unspecified atom stereocenters. The lowest BCUT2D eigenvalue weighted by atomic mass is 9.91. The molecule has 0 aromatic heterocycles. The van der Waals surface area contributed by atoms with Gasteiger partial charge in [-0.2, -0.15) is 0 Å². The Hall–Kier alpha value is -1.73. The third-order valence-electron chi connectivity index (χ3n) is 5.15. The molecule has 0 bridgehead atoms. The van der Waals surface area contributed by atoms with Crippen molar-refractivity contribution in [2.75, 3.05) is 13.2 Å². The number of hydrogen-bond acceptors (Lipinski definition) is 5. The number of carbonyl (C=O) groups is 2. The smallest absolute Gasteiger partial charge is 0.322 e. The van der Waals surface area contributed by atoms with Crippen LogP contribution in [0.1, 0.15) is 57.6 Å². The molecule has 2 rings (SSSR count). The minimum atomic E-state index is -4.14. The summed E-state index contributed by atoms with van der Waals surface area (Å²) in [6, 6.07) is 6.73. The maximum atomic E-state index is 13.1. The first-order valence-corrected chi connectivity index (χ1v) is 11.2. The van der Waals surface area contributed by atoms with Crippen LogP contribution in [0.5, 0.6) is 0 Å². The highest BCUT2D eigenvalue weighted by Gasteiger charge is 2.49. The fourth-order valence-electron chi connectivity index (χ4n) is 3.39. The first kappa shape index (κ1) is 22.6. The van der Waals surface area contributed by atoms with Gasteiger partial charge in [-0.05, 0) is 30.4 Å². The van der Waals surface area contributed by atoms with Crippen LogP contribution in [0.2, 0.25) is 0 Å². The number of carbonyl (C=O) groups excluding carboxylic acids is 2. The fourth-order valence-corrected chi connectivity index (χ4v) is 5.02. The second-order valence-electron chi connectivity index (χ2n) is 6.92. The van der Waals surface area contributed by atoms with Gasteiger partial charge < -0.3 is 9.79 Å². The molecular formula is C19H29N2O6P. The topological polar surface area (TPSA) is 105 Å². The molecule has 156 valence electrons. The van der Waals surface area contributed by atoms with E-state index in [0.29, 0.717) is 18.4 Å². The average Bonchev–Trinajstić information content (AvgIpc) is 2.97. The van der Waals surface area contributed by atoms with Crippen molar-refractivity contribution in [2.45, 2.75) is 58.2 Å². The van der Waals surface area contributed by atoms with Gasteiger partial charge in [0, 0.05) is 6.54 Å². The molecule has 1 aromatic carbocycles. The molecule has 2 N–H and O–H groups in total. The van der Waals surface area contributed by atoms with Crippen LogP contribution >= 0.6 is 7.60 Å². The minimum Gasteiger partial charge on any atom is -0.322 e. The van der Waals surface area contributed by atoms with Crippen LogP contribution in [0.25, 0.3) is 0 Å². The van der Waals surface area contributed by atoms with Gasteiger partial charge in [-0.25, -0.2) is 9.68 Å². The summed E-state index contributed by atoms with van der Waals surface area (Å²) in [4.78, 5) is 40.3. The van der Waals surface area contributed by atoms with Crippen molar-refractivity contribution in [1.29, 1.82) is 0 Å². The van der Waals surface area contributed by atoms with Gasteiger partial charge in [0.2, 0.25) is 5.91 Å². The second kappa shape index (κ2) is 9.65. The summed E-state index contributed by atoms with van der Waals surface area (Å²) in [5.74, 6) is -0.338. The lowest BCUT2D eigenvalue weighted by Crippen LogP contribution is -2.29. The molecule has 0 radical (unpaired) electrons. The quantitative estimate of drug-likeness (QED) is 0.189. The molecule has 8 nitrogen and oxygen atoms in total. The first-order chi connectivity index (χ1) is 13.3. The number of rotatable bonds is 11. The van der Waals surface area contributed by atoms with Gasteiger partial charge in [-0.1, -0.05) is 51.5 Å². The molecule has 0 spiro atoms. The van der Waals surface area contributed by atoms with Crippen LogP contribution in [0.15, 0.2) is 24.3 Å². The van der Waals surface area contributed by atoms with Crippen LogP contribution in [0.4, 0.5) is 4.79 Å². The van der Waals surface area contributed by atoms with Gasteiger partial charge in [0.1, 0.15) is 6.54 Å². The Morgan fingerprint density at radius 1 is 1.25 bits per heavy atom. The molecule has 1 fully saturated rings.